The molecule has 1 aliphatic rings. The zero-order chi connectivity index (χ0) is 13.1. The van der Waals surface area contributed by atoms with Crippen molar-refractivity contribution in [2.24, 2.45) is 5.92 Å². The predicted molar refractivity (Wildman–Crippen MR) is 68.2 cm³/mol. The number of carboxylic acid groups (broad SMARTS) is 1. The van der Waals surface area contributed by atoms with E-state index in [-0.39, 0.29) is 18.2 Å². The highest BCUT2D eigenvalue weighted by Crippen LogP contribution is 2.23. The van der Waals surface area contributed by atoms with Gasteiger partial charge in [0.25, 0.3) is 5.91 Å². The van der Waals surface area contributed by atoms with Crippen LogP contribution in [0.1, 0.15) is 23.3 Å². The van der Waals surface area contributed by atoms with Gasteiger partial charge in [-0.25, -0.2) is 4.98 Å². The van der Waals surface area contributed by atoms with E-state index >= 15 is 0 Å². The van der Waals surface area contributed by atoms with Crippen molar-refractivity contribution in [1.82, 2.24) is 9.88 Å². The summed E-state index contributed by atoms with van der Waals surface area (Å²) in [5.41, 5.74) is 0.383. The first-order valence-electron chi connectivity index (χ1n) is 5.69. The Bertz CT molecular complexity index is 478. The van der Waals surface area contributed by atoms with Crippen LogP contribution in [0.15, 0.2) is 22.8 Å². The topological polar surface area (TPSA) is 70.5 Å². The Labute approximate surface area is 113 Å². The molecule has 96 valence electrons. The van der Waals surface area contributed by atoms with Gasteiger partial charge < -0.3 is 10.0 Å². The summed E-state index contributed by atoms with van der Waals surface area (Å²) in [6.45, 7) is 1.09. The number of carbonyl (C=O) groups excluding carboxylic acids is 1. The van der Waals surface area contributed by atoms with Crippen LogP contribution in [-0.2, 0) is 4.79 Å². The van der Waals surface area contributed by atoms with Gasteiger partial charge in [-0.05, 0) is 40.4 Å². The first kappa shape index (κ1) is 13.0. The van der Waals surface area contributed by atoms with Crippen LogP contribution in [0.5, 0.6) is 0 Å². The number of amides is 1. The predicted octanol–water partition coefficient (Wildman–Crippen LogP) is 1.78. The fourth-order valence-electron chi connectivity index (χ4n) is 2.12. The molecule has 0 saturated carbocycles. The van der Waals surface area contributed by atoms with E-state index in [1.165, 1.54) is 0 Å². The molecule has 2 heterocycles. The molecule has 1 fully saturated rings. The Morgan fingerprint density at radius 1 is 1.56 bits per heavy atom. The summed E-state index contributed by atoms with van der Waals surface area (Å²) < 4.78 is 0.664. The standard InChI is InChI=1S/C12H13BrN2O3/c13-9-2-1-4-14-11(9)12(18)15-5-3-8(7-15)6-10(16)17/h1-2,4,8H,3,5-7H2,(H,16,17). The zero-order valence-electron chi connectivity index (χ0n) is 9.67. The normalized spacial score (nSPS) is 18.9. The van der Waals surface area contributed by atoms with Crippen LogP contribution in [0.4, 0.5) is 0 Å². The summed E-state index contributed by atoms with van der Waals surface area (Å²) in [4.78, 5) is 28.5. The highest BCUT2D eigenvalue weighted by molar-refractivity contribution is 9.10. The van der Waals surface area contributed by atoms with Gasteiger partial charge in [-0.2, -0.15) is 0 Å². The number of carboxylic acids is 1. The SMILES string of the molecule is O=C(O)CC1CCN(C(=O)c2ncccc2Br)C1. The van der Waals surface area contributed by atoms with Gasteiger partial charge in [-0.1, -0.05) is 0 Å². The lowest BCUT2D eigenvalue weighted by Crippen LogP contribution is -2.30. The molecule has 2 rings (SSSR count). The fraction of sp³-hybridized carbons (Fsp3) is 0.417. The summed E-state index contributed by atoms with van der Waals surface area (Å²) in [5.74, 6) is -0.905. The molecule has 1 unspecified atom stereocenters. The summed E-state index contributed by atoms with van der Waals surface area (Å²) in [6, 6.07) is 3.52. The number of likely N-dealkylation sites (tertiary alicyclic amines) is 1. The average molecular weight is 313 g/mol. The molecule has 0 bridgehead atoms. The molecular formula is C12H13BrN2O3. The lowest BCUT2D eigenvalue weighted by Gasteiger charge is -2.16. The summed E-state index contributed by atoms with van der Waals surface area (Å²) in [5, 5.41) is 8.74. The number of halogens is 1. The Kier molecular flexibility index (Phi) is 3.96. The van der Waals surface area contributed by atoms with E-state index in [0.717, 1.165) is 6.42 Å². The number of aliphatic carboxylic acids is 1. The zero-order valence-corrected chi connectivity index (χ0v) is 11.3. The van der Waals surface area contributed by atoms with Crippen molar-refractivity contribution in [3.63, 3.8) is 0 Å². The molecule has 1 atom stereocenters. The van der Waals surface area contributed by atoms with Gasteiger partial charge in [0.05, 0.1) is 0 Å². The first-order chi connectivity index (χ1) is 8.58. The third-order valence-corrected chi connectivity index (χ3v) is 3.64. The van der Waals surface area contributed by atoms with Gasteiger partial charge >= 0.3 is 5.97 Å². The Morgan fingerprint density at radius 3 is 3.00 bits per heavy atom. The van der Waals surface area contributed by atoms with E-state index in [1.54, 1.807) is 23.2 Å². The number of nitrogens with zero attached hydrogens (tertiary/aromatic N) is 2. The molecule has 1 saturated heterocycles. The number of pyridine rings is 1. The minimum Gasteiger partial charge on any atom is -0.481 e. The van der Waals surface area contributed by atoms with Gasteiger partial charge in [-0.15, -0.1) is 0 Å². The second kappa shape index (κ2) is 5.48. The summed E-state index contributed by atoms with van der Waals surface area (Å²) >= 11 is 3.30. The molecule has 1 amide bonds. The lowest BCUT2D eigenvalue weighted by atomic mass is 10.1. The van der Waals surface area contributed by atoms with Crippen LogP contribution in [0.3, 0.4) is 0 Å². The molecule has 0 aliphatic carbocycles. The maximum atomic E-state index is 12.2. The van der Waals surface area contributed by atoms with Crippen molar-refractivity contribution < 1.29 is 14.7 Å². The molecular weight excluding hydrogens is 300 g/mol. The van der Waals surface area contributed by atoms with E-state index in [2.05, 4.69) is 20.9 Å². The molecule has 1 aromatic heterocycles. The second-order valence-corrected chi connectivity index (χ2v) is 5.19. The van der Waals surface area contributed by atoms with E-state index < -0.39 is 5.97 Å². The fourth-order valence-corrected chi connectivity index (χ4v) is 2.55. The van der Waals surface area contributed by atoms with Gasteiger partial charge in [0.2, 0.25) is 0 Å². The Balaban J connectivity index is 2.04. The number of aromatic nitrogens is 1. The molecule has 5 nitrogen and oxygen atoms in total. The smallest absolute Gasteiger partial charge is 0.303 e. The molecule has 1 aliphatic heterocycles. The van der Waals surface area contributed by atoms with E-state index in [0.29, 0.717) is 23.3 Å². The maximum Gasteiger partial charge on any atom is 0.303 e. The minimum atomic E-state index is -0.812. The molecule has 1 N–H and O–H groups in total. The van der Waals surface area contributed by atoms with Crippen LogP contribution in [-0.4, -0.2) is 40.0 Å². The summed E-state index contributed by atoms with van der Waals surface area (Å²) in [7, 11) is 0. The van der Waals surface area contributed by atoms with Gasteiger partial charge in [0.15, 0.2) is 0 Å². The number of hydrogen-bond donors (Lipinski definition) is 1. The van der Waals surface area contributed by atoms with E-state index in [1.807, 2.05) is 0 Å². The molecule has 18 heavy (non-hydrogen) atoms. The summed E-state index contributed by atoms with van der Waals surface area (Å²) in [6.07, 6.45) is 2.43. The largest absolute Gasteiger partial charge is 0.481 e. The Morgan fingerprint density at radius 2 is 2.33 bits per heavy atom. The number of hydrogen-bond acceptors (Lipinski definition) is 3. The molecule has 0 aromatic carbocycles. The Hall–Kier alpha value is -1.43. The average Bonchev–Trinajstić information content (AvgIpc) is 2.76. The van der Waals surface area contributed by atoms with Gasteiger partial charge in [0, 0.05) is 30.2 Å². The van der Waals surface area contributed by atoms with Gasteiger partial charge in [-0.3, -0.25) is 9.59 Å². The van der Waals surface area contributed by atoms with Crippen molar-refractivity contribution in [2.45, 2.75) is 12.8 Å². The number of rotatable bonds is 3. The highest BCUT2D eigenvalue weighted by Gasteiger charge is 2.29. The van der Waals surface area contributed by atoms with Crippen LogP contribution in [0, 0.1) is 5.92 Å². The van der Waals surface area contributed by atoms with Crippen molar-refractivity contribution in [3.8, 4) is 0 Å². The van der Waals surface area contributed by atoms with Crippen LogP contribution in [0.2, 0.25) is 0 Å². The van der Waals surface area contributed by atoms with Crippen molar-refractivity contribution in [3.05, 3.63) is 28.5 Å². The quantitative estimate of drug-likeness (QED) is 0.923. The minimum absolute atomic E-state index is 0.0499. The van der Waals surface area contributed by atoms with Crippen molar-refractivity contribution >= 4 is 27.8 Å². The first-order valence-corrected chi connectivity index (χ1v) is 6.49. The van der Waals surface area contributed by atoms with Gasteiger partial charge in [0.1, 0.15) is 5.69 Å². The maximum absolute atomic E-state index is 12.2. The van der Waals surface area contributed by atoms with Crippen LogP contribution >= 0.6 is 15.9 Å². The third-order valence-electron chi connectivity index (χ3n) is 3.00. The van der Waals surface area contributed by atoms with E-state index in [4.69, 9.17) is 5.11 Å². The monoisotopic (exact) mass is 312 g/mol. The highest BCUT2D eigenvalue weighted by atomic mass is 79.9. The third kappa shape index (κ3) is 2.87. The molecule has 0 spiro atoms. The molecule has 6 heteroatoms. The molecule has 0 radical (unpaired) electrons. The van der Waals surface area contributed by atoms with Crippen molar-refractivity contribution in [1.29, 1.82) is 0 Å². The van der Waals surface area contributed by atoms with Crippen molar-refractivity contribution in [2.75, 3.05) is 13.1 Å². The lowest BCUT2D eigenvalue weighted by molar-refractivity contribution is -0.138. The van der Waals surface area contributed by atoms with Crippen LogP contribution < -0.4 is 0 Å². The van der Waals surface area contributed by atoms with Crippen LogP contribution in [0.25, 0.3) is 0 Å². The van der Waals surface area contributed by atoms with E-state index in [9.17, 15) is 9.59 Å². The molecule has 1 aromatic rings. The second-order valence-electron chi connectivity index (χ2n) is 4.34. The number of carbonyl (C=O) groups is 2.